The Hall–Kier alpha value is -4.74. The molecular weight excluding hydrogens is 503 g/mol. The molecule has 2 aromatic carbocycles. The van der Waals surface area contributed by atoms with Gasteiger partial charge in [-0.25, -0.2) is 24.4 Å². The monoisotopic (exact) mass is 532 g/mol. The molecule has 0 radical (unpaired) electrons. The highest BCUT2D eigenvalue weighted by molar-refractivity contribution is 5.97. The molecule has 0 saturated carbocycles. The van der Waals surface area contributed by atoms with Gasteiger partial charge in [0.25, 0.3) is 11.8 Å². The second-order valence-electron chi connectivity index (χ2n) is 9.08. The molecule has 1 aromatic heterocycles. The molecule has 202 valence electrons. The molecule has 0 spiro atoms. The Morgan fingerprint density at radius 2 is 1.85 bits per heavy atom. The summed E-state index contributed by atoms with van der Waals surface area (Å²) in [6.45, 7) is 2.06. The number of carbonyl (C=O) groups is 3. The van der Waals surface area contributed by atoms with Crippen LogP contribution in [0.15, 0.2) is 59.2 Å². The number of hydrogen-bond donors (Lipinski definition) is 2. The number of fused-ring (bicyclic) bond motifs is 1. The van der Waals surface area contributed by atoms with Gasteiger partial charge in [-0.15, -0.1) is 0 Å². The van der Waals surface area contributed by atoms with E-state index in [1.165, 1.54) is 25.5 Å². The van der Waals surface area contributed by atoms with Crippen LogP contribution in [0.5, 0.6) is 0 Å². The van der Waals surface area contributed by atoms with Crippen molar-refractivity contribution in [1.82, 2.24) is 25.6 Å². The maximum absolute atomic E-state index is 13.7. The minimum atomic E-state index is -0.465. The van der Waals surface area contributed by atoms with Crippen molar-refractivity contribution in [3.05, 3.63) is 88.3 Å². The Balaban J connectivity index is 1.38. The summed E-state index contributed by atoms with van der Waals surface area (Å²) in [7, 11) is 3.21. The summed E-state index contributed by atoms with van der Waals surface area (Å²) in [5, 5.41) is 16.1. The zero-order valence-electron chi connectivity index (χ0n) is 21.9. The molecule has 3 amide bonds. The van der Waals surface area contributed by atoms with Gasteiger partial charge >= 0.3 is 0 Å². The number of carbonyl (C=O) groups excluding carboxylic acids is 3. The molecule has 1 atom stereocenters. The van der Waals surface area contributed by atoms with Crippen LogP contribution < -0.4 is 15.6 Å². The van der Waals surface area contributed by atoms with Gasteiger partial charge in [0.1, 0.15) is 23.5 Å². The van der Waals surface area contributed by atoms with E-state index in [4.69, 9.17) is 0 Å². The first kappa shape index (κ1) is 27.3. The molecule has 1 heterocycles. The molecule has 0 bridgehead atoms. The van der Waals surface area contributed by atoms with Crippen LogP contribution in [-0.4, -0.2) is 47.3 Å². The van der Waals surface area contributed by atoms with Crippen molar-refractivity contribution in [2.45, 2.75) is 38.8 Å². The van der Waals surface area contributed by atoms with E-state index in [1.54, 1.807) is 24.2 Å². The summed E-state index contributed by atoms with van der Waals surface area (Å²) < 4.78 is 13.7. The van der Waals surface area contributed by atoms with Crippen molar-refractivity contribution in [3.63, 3.8) is 0 Å². The summed E-state index contributed by atoms with van der Waals surface area (Å²) in [6.07, 6.45) is 3.75. The van der Waals surface area contributed by atoms with Crippen molar-refractivity contribution >= 4 is 23.9 Å². The number of anilines is 1. The van der Waals surface area contributed by atoms with Gasteiger partial charge in [0.15, 0.2) is 0 Å². The lowest BCUT2D eigenvalue weighted by molar-refractivity contribution is -0.117. The number of nitrogens with zero attached hydrogens (tertiary/aromatic N) is 6. The van der Waals surface area contributed by atoms with Crippen molar-refractivity contribution in [3.8, 4) is 0 Å². The van der Waals surface area contributed by atoms with E-state index in [9.17, 15) is 18.8 Å². The largest absolute Gasteiger partial charge is 0.347 e. The fourth-order valence-corrected chi connectivity index (χ4v) is 4.27. The lowest BCUT2D eigenvalue weighted by Crippen LogP contribution is -2.29. The van der Waals surface area contributed by atoms with Gasteiger partial charge in [-0.2, -0.15) is 0 Å². The number of amides is 3. The van der Waals surface area contributed by atoms with E-state index >= 15 is 0 Å². The second kappa shape index (κ2) is 12.2. The molecule has 0 unspecified atom stereocenters. The van der Waals surface area contributed by atoms with Gasteiger partial charge in [0, 0.05) is 26.7 Å². The van der Waals surface area contributed by atoms with Crippen LogP contribution in [0, 0.1) is 5.82 Å². The molecule has 0 saturated heterocycles. The second-order valence-corrected chi connectivity index (χ2v) is 9.08. The number of hydrogen-bond acceptors (Lipinski definition) is 7. The number of nitrogens with one attached hydrogen (secondary N) is 2. The van der Waals surface area contributed by atoms with E-state index in [0.29, 0.717) is 24.8 Å². The maximum atomic E-state index is 13.7. The Morgan fingerprint density at radius 1 is 1.08 bits per heavy atom. The number of halogens is 1. The van der Waals surface area contributed by atoms with E-state index in [0.717, 1.165) is 33.8 Å². The van der Waals surface area contributed by atoms with Crippen molar-refractivity contribution in [1.29, 1.82) is 0 Å². The van der Waals surface area contributed by atoms with Crippen molar-refractivity contribution in [2.75, 3.05) is 19.1 Å². The van der Waals surface area contributed by atoms with E-state index < -0.39 is 11.8 Å². The van der Waals surface area contributed by atoms with Crippen LogP contribution in [0.4, 0.5) is 10.1 Å². The van der Waals surface area contributed by atoms with Crippen LogP contribution in [0.25, 0.3) is 0 Å². The average Bonchev–Trinajstić information content (AvgIpc) is 3.36. The highest BCUT2D eigenvalue weighted by atomic mass is 19.1. The van der Waals surface area contributed by atoms with Gasteiger partial charge in [-0.1, -0.05) is 25.1 Å². The molecule has 12 heteroatoms. The smallest absolute Gasteiger partial charge is 0.270 e. The van der Waals surface area contributed by atoms with Gasteiger partial charge in [0.2, 0.25) is 6.41 Å². The molecule has 11 nitrogen and oxygen atoms in total. The minimum Gasteiger partial charge on any atom is -0.347 e. The Bertz CT molecular complexity index is 1410. The first-order valence-corrected chi connectivity index (χ1v) is 12.4. The van der Waals surface area contributed by atoms with Crippen molar-refractivity contribution < 1.29 is 18.8 Å². The van der Waals surface area contributed by atoms with Crippen LogP contribution >= 0.6 is 0 Å². The molecule has 1 aliphatic carbocycles. The Kier molecular flexibility index (Phi) is 8.54. The third-order valence-electron chi connectivity index (χ3n) is 6.43. The van der Waals surface area contributed by atoms with Crippen LogP contribution in [0.3, 0.4) is 0 Å². The molecular formula is C27H29FN8O3. The summed E-state index contributed by atoms with van der Waals surface area (Å²) in [5.74, 6) is -1.15. The third kappa shape index (κ3) is 6.58. The normalized spacial score (nSPS) is 14.1. The minimum absolute atomic E-state index is 0.0573. The summed E-state index contributed by atoms with van der Waals surface area (Å²) in [6, 6.07) is 11.6. The molecule has 0 fully saturated rings. The Morgan fingerprint density at radius 3 is 2.59 bits per heavy atom. The summed E-state index contributed by atoms with van der Waals surface area (Å²) >= 11 is 0. The zero-order chi connectivity index (χ0) is 27.9. The fourth-order valence-electron chi connectivity index (χ4n) is 4.27. The standard InChI is InChI=1S/C27H29FN8O3/c1-4-18-11-17(5-9-22(18)28)14-29-26(38)24-13-25(31-15-30-24)27(39)32-23-10-6-19-12-20(7-8-21(19)23)36(3)34-33-35(2)16-37/h5,7-9,11-13,15-16,23H,4,6,10,14H2,1-3H3,(H,29,38)(H,32,39)/b34-33-/t23-/m0/s1. The number of aromatic nitrogens is 2. The molecule has 39 heavy (non-hydrogen) atoms. The first-order chi connectivity index (χ1) is 18.8. The fraction of sp³-hybridized carbons (Fsp3) is 0.296. The lowest BCUT2D eigenvalue weighted by Gasteiger charge is -2.16. The average molecular weight is 533 g/mol. The summed E-state index contributed by atoms with van der Waals surface area (Å²) in [4.78, 5) is 44.4. The first-order valence-electron chi connectivity index (χ1n) is 12.4. The molecule has 0 aliphatic heterocycles. The van der Waals surface area contributed by atoms with Crippen molar-refractivity contribution in [2.24, 2.45) is 10.4 Å². The number of rotatable bonds is 10. The van der Waals surface area contributed by atoms with Gasteiger partial charge < -0.3 is 10.6 Å². The maximum Gasteiger partial charge on any atom is 0.270 e. The predicted molar refractivity (Wildman–Crippen MR) is 141 cm³/mol. The molecule has 4 rings (SSSR count). The zero-order valence-corrected chi connectivity index (χ0v) is 21.9. The number of aryl methyl sites for hydroxylation is 2. The van der Waals surface area contributed by atoms with E-state index in [2.05, 4.69) is 31.0 Å². The topological polar surface area (TPSA) is 132 Å². The van der Waals surface area contributed by atoms with E-state index in [-0.39, 0.29) is 29.8 Å². The lowest BCUT2D eigenvalue weighted by atomic mass is 10.1. The molecule has 1 aliphatic rings. The van der Waals surface area contributed by atoms with Gasteiger partial charge in [-0.3, -0.25) is 14.4 Å². The van der Waals surface area contributed by atoms with Gasteiger partial charge in [-0.05, 0) is 70.2 Å². The highest BCUT2D eigenvalue weighted by Gasteiger charge is 2.26. The molecule has 2 N–H and O–H groups in total. The molecule has 3 aromatic rings. The van der Waals surface area contributed by atoms with Crippen LogP contribution in [0.1, 0.15) is 62.6 Å². The van der Waals surface area contributed by atoms with Crippen LogP contribution in [-0.2, 0) is 24.2 Å². The summed E-state index contributed by atoms with van der Waals surface area (Å²) in [5.41, 5.74) is 4.32. The third-order valence-corrected chi connectivity index (χ3v) is 6.43. The SMILES string of the molecule is CCc1cc(CNC(=O)c2cc(C(=O)N[C@H]3CCc4cc(N(C)/N=N\N(C)C=O)ccc43)ncn2)ccc1F. The highest BCUT2D eigenvalue weighted by Crippen LogP contribution is 2.34. The van der Waals surface area contributed by atoms with Gasteiger partial charge in [0.05, 0.1) is 11.7 Å². The Labute approximate surface area is 225 Å². The quantitative estimate of drug-likeness (QED) is 0.234. The van der Waals surface area contributed by atoms with Crippen LogP contribution in [0.2, 0.25) is 0 Å². The van der Waals surface area contributed by atoms with E-state index in [1.807, 2.05) is 25.1 Å². The number of benzene rings is 2. The predicted octanol–water partition coefficient (Wildman–Crippen LogP) is 3.33.